The summed E-state index contributed by atoms with van der Waals surface area (Å²) in [6.45, 7) is 8.11. The van der Waals surface area contributed by atoms with Crippen LogP contribution in [-0.4, -0.2) is 54.7 Å². The summed E-state index contributed by atoms with van der Waals surface area (Å²) >= 11 is 0. The van der Waals surface area contributed by atoms with Crippen LogP contribution in [0.15, 0.2) is 6.20 Å². The van der Waals surface area contributed by atoms with Crippen molar-refractivity contribution in [1.29, 1.82) is 0 Å². The highest BCUT2D eigenvalue weighted by Crippen LogP contribution is 2.36. The van der Waals surface area contributed by atoms with Gasteiger partial charge in [-0.25, -0.2) is 0 Å². The third kappa shape index (κ3) is 6.40. The van der Waals surface area contributed by atoms with Gasteiger partial charge in [0.15, 0.2) is 0 Å². The molecule has 3 N–H and O–H groups in total. The Labute approximate surface area is 158 Å². The number of carbonyl (C=O) groups excluding carboxylic acids is 1. The fraction of sp³-hybridized carbons (Fsp3) is 0.800. The molecule has 2 rings (SSSR count). The molecule has 26 heavy (non-hydrogen) atoms. The van der Waals surface area contributed by atoms with Gasteiger partial charge in [0.25, 0.3) is 0 Å². The summed E-state index contributed by atoms with van der Waals surface area (Å²) in [6, 6.07) is 0. The predicted molar refractivity (Wildman–Crippen MR) is 106 cm³/mol. The average molecular weight is 364 g/mol. The zero-order chi connectivity index (χ0) is 18.9. The van der Waals surface area contributed by atoms with Gasteiger partial charge in [-0.1, -0.05) is 13.8 Å². The Morgan fingerprint density at radius 2 is 2.04 bits per heavy atom. The molecule has 1 aliphatic rings. The summed E-state index contributed by atoms with van der Waals surface area (Å²) in [5.41, 5.74) is 2.51. The van der Waals surface area contributed by atoms with Crippen molar-refractivity contribution < 1.29 is 4.79 Å². The Morgan fingerprint density at radius 3 is 2.69 bits per heavy atom. The topological polar surface area (TPSA) is 73.0 Å². The Hall–Kier alpha value is -1.40. The third-order valence-electron chi connectivity index (χ3n) is 5.44. The Bertz CT molecular complexity index is 534. The second-order valence-corrected chi connectivity index (χ2v) is 8.16. The number of aromatic amines is 1. The van der Waals surface area contributed by atoms with Crippen LogP contribution in [-0.2, 0) is 11.3 Å². The summed E-state index contributed by atoms with van der Waals surface area (Å²) in [5.74, 6) is 1.54. The van der Waals surface area contributed by atoms with Crippen LogP contribution in [0.1, 0.15) is 63.1 Å². The molecule has 1 fully saturated rings. The van der Waals surface area contributed by atoms with Crippen LogP contribution in [0.2, 0.25) is 0 Å². The van der Waals surface area contributed by atoms with Crippen molar-refractivity contribution in [3.63, 3.8) is 0 Å². The van der Waals surface area contributed by atoms with E-state index in [1.165, 1.54) is 11.3 Å². The van der Waals surface area contributed by atoms with Crippen molar-refractivity contribution in [3.8, 4) is 0 Å². The van der Waals surface area contributed by atoms with E-state index >= 15 is 0 Å². The van der Waals surface area contributed by atoms with Crippen LogP contribution in [0, 0.1) is 11.8 Å². The first kappa shape index (κ1) is 20.9. The minimum Gasteiger partial charge on any atom is -0.356 e. The maximum Gasteiger partial charge on any atom is 0.223 e. The third-order valence-corrected chi connectivity index (χ3v) is 5.44. The average Bonchev–Trinajstić information content (AvgIpc) is 3.07. The molecule has 1 aromatic heterocycles. The van der Waals surface area contributed by atoms with Gasteiger partial charge in [-0.15, -0.1) is 0 Å². The SMILES string of the molecule is CNCCN(C)Cc1c[nH]nc1[C@H]1CC[C@@H](C(=O)NCCC(C)C)CC1. The molecule has 1 amide bonds. The Kier molecular flexibility index (Phi) is 8.59. The molecule has 0 unspecified atom stereocenters. The normalized spacial score (nSPS) is 20.7. The maximum absolute atomic E-state index is 12.3. The van der Waals surface area contributed by atoms with Gasteiger partial charge in [-0.2, -0.15) is 5.10 Å². The molecule has 1 aliphatic carbocycles. The number of aromatic nitrogens is 2. The van der Waals surface area contributed by atoms with Crippen molar-refractivity contribution in [1.82, 2.24) is 25.7 Å². The molecule has 0 atom stereocenters. The number of hydrogen-bond acceptors (Lipinski definition) is 4. The van der Waals surface area contributed by atoms with Crippen LogP contribution in [0.25, 0.3) is 0 Å². The number of hydrogen-bond donors (Lipinski definition) is 3. The van der Waals surface area contributed by atoms with Crippen molar-refractivity contribution in [2.24, 2.45) is 11.8 Å². The summed E-state index contributed by atoms with van der Waals surface area (Å²) in [4.78, 5) is 14.7. The summed E-state index contributed by atoms with van der Waals surface area (Å²) in [6.07, 6.45) is 7.15. The lowest BCUT2D eigenvalue weighted by atomic mass is 9.79. The van der Waals surface area contributed by atoms with Gasteiger partial charge in [0.05, 0.1) is 5.69 Å². The van der Waals surface area contributed by atoms with Crippen molar-refractivity contribution >= 4 is 5.91 Å². The monoisotopic (exact) mass is 363 g/mol. The van der Waals surface area contributed by atoms with E-state index in [2.05, 4.69) is 46.6 Å². The van der Waals surface area contributed by atoms with Crippen LogP contribution in [0.5, 0.6) is 0 Å². The van der Waals surface area contributed by atoms with Crippen LogP contribution >= 0.6 is 0 Å². The number of nitrogens with zero attached hydrogens (tertiary/aromatic N) is 2. The molecule has 0 spiro atoms. The highest BCUT2D eigenvalue weighted by molar-refractivity contribution is 5.78. The van der Waals surface area contributed by atoms with E-state index in [1.54, 1.807) is 0 Å². The summed E-state index contributed by atoms with van der Waals surface area (Å²) in [5, 5.41) is 13.9. The van der Waals surface area contributed by atoms with Crippen molar-refractivity contribution in [3.05, 3.63) is 17.5 Å². The van der Waals surface area contributed by atoms with E-state index in [0.29, 0.717) is 11.8 Å². The number of H-pyrrole nitrogens is 1. The first-order valence-electron chi connectivity index (χ1n) is 10.1. The van der Waals surface area contributed by atoms with Crippen molar-refractivity contribution in [2.45, 2.75) is 58.4 Å². The number of nitrogens with one attached hydrogen (secondary N) is 3. The number of likely N-dealkylation sites (N-methyl/N-ethyl adjacent to an activating group) is 2. The van der Waals surface area contributed by atoms with Gasteiger partial charge in [0.2, 0.25) is 5.91 Å². The zero-order valence-corrected chi connectivity index (χ0v) is 17.0. The van der Waals surface area contributed by atoms with E-state index in [1.807, 2.05) is 13.2 Å². The molecule has 0 saturated heterocycles. The molecule has 0 bridgehead atoms. The van der Waals surface area contributed by atoms with Gasteiger partial charge >= 0.3 is 0 Å². The predicted octanol–water partition coefficient (Wildman–Crippen LogP) is 2.50. The van der Waals surface area contributed by atoms with E-state index in [0.717, 1.165) is 58.3 Å². The Balaban J connectivity index is 1.81. The minimum atomic E-state index is 0.180. The zero-order valence-electron chi connectivity index (χ0n) is 17.0. The van der Waals surface area contributed by atoms with E-state index in [4.69, 9.17) is 0 Å². The van der Waals surface area contributed by atoms with Crippen LogP contribution in [0.4, 0.5) is 0 Å². The number of amides is 1. The molecule has 1 heterocycles. The lowest BCUT2D eigenvalue weighted by molar-refractivity contribution is -0.126. The number of rotatable bonds is 10. The molecule has 0 aromatic carbocycles. The van der Waals surface area contributed by atoms with Crippen LogP contribution < -0.4 is 10.6 Å². The molecule has 0 aliphatic heterocycles. The van der Waals surface area contributed by atoms with Gasteiger partial charge < -0.3 is 15.5 Å². The van der Waals surface area contributed by atoms with Crippen molar-refractivity contribution in [2.75, 3.05) is 33.7 Å². The lowest BCUT2D eigenvalue weighted by Gasteiger charge is -2.28. The van der Waals surface area contributed by atoms with Gasteiger partial charge in [-0.3, -0.25) is 9.89 Å². The molecule has 1 saturated carbocycles. The van der Waals surface area contributed by atoms with Gasteiger partial charge in [0, 0.05) is 49.8 Å². The maximum atomic E-state index is 12.3. The fourth-order valence-electron chi connectivity index (χ4n) is 3.74. The highest BCUT2D eigenvalue weighted by atomic mass is 16.1. The highest BCUT2D eigenvalue weighted by Gasteiger charge is 2.29. The minimum absolute atomic E-state index is 0.180. The molecule has 0 radical (unpaired) electrons. The molecule has 6 heteroatoms. The van der Waals surface area contributed by atoms with E-state index < -0.39 is 0 Å². The van der Waals surface area contributed by atoms with E-state index in [9.17, 15) is 4.79 Å². The van der Waals surface area contributed by atoms with Gasteiger partial charge in [-0.05, 0) is 52.1 Å². The molecule has 148 valence electrons. The summed E-state index contributed by atoms with van der Waals surface area (Å²) < 4.78 is 0. The molecular formula is C20H37N5O. The smallest absolute Gasteiger partial charge is 0.223 e. The van der Waals surface area contributed by atoms with E-state index in [-0.39, 0.29) is 11.8 Å². The summed E-state index contributed by atoms with van der Waals surface area (Å²) in [7, 11) is 4.13. The molecule has 6 nitrogen and oxygen atoms in total. The number of carbonyl (C=O) groups is 1. The standard InChI is InChI=1S/C20H37N5O/c1-15(2)9-10-22-20(26)17-7-5-16(6-8-17)19-18(13-23-24-19)14-25(4)12-11-21-3/h13,15-17,21H,5-12,14H2,1-4H3,(H,22,26)(H,23,24)/t16-,17+. The second-order valence-electron chi connectivity index (χ2n) is 8.16. The lowest BCUT2D eigenvalue weighted by Crippen LogP contribution is -2.34. The molecular weight excluding hydrogens is 326 g/mol. The molecule has 1 aromatic rings. The second kappa shape index (κ2) is 10.7. The largest absolute Gasteiger partial charge is 0.356 e. The Morgan fingerprint density at radius 1 is 1.31 bits per heavy atom. The quantitative estimate of drug-likeness (QED) is 0.597. The van der Waals surface area contributed by atoms with Crippen LogP contribution in [0.3, 0.4) is 0 Å². The van der Waals surface area contributed by atoms with Gasteiger partial charge in [0.1, 0.15) is 0 Å². The first-order valence-corrected chi connectivity index (χ1v) is 10.1. The first-order chi connectivity index (χ1) is 12.5. The fourth-order valence-corrected chi connectivity index (χ4v) is 3.74.